The Bertz CT molecular complexity index is 1060. The van der Waals surface area contributed by atoms with Gasteiger partial charge in [-0.2, -0.15) is 0 Å². The maximum Gasteiger partial charge on any atom is 0.234 e. The number of anilines is 1. The van der Waals surface area contributed by atoms with Crippen LogP contribution in [-0.4, -0.2) is 33.0 Å². The molecule has 0 spiro atoms. The summed E-state index contributed by atoms with van der Waals surface area (Å²) in [6, 6.07) is 12.9. The Morgan fingerprint density at radius 1 is 1.26 bits per heavy atom. The molecule has 0 bridgehead atoms. The molecule has 0 fully saturated rings. The van der Waals surface area contributed by atoms with Gasteiger partial charge in [0.2, 0.25) is 5.91 Å². The number of carbonyl (C=O) groups excluding carboxylic acids is 1. The molecule has 1 N–H and O–H groups in total. The van der Waals surface area contributed by atoms with Crippen LogP contribution in [0.25, 0.3) is 0 Å². The van der Waals surface area contributed by atoms with Crippen LogP contribution < -0.4 is 14.8 Å². The average molecular weight is 461 g/mol. The molecule has 0 radical (unpaired) electrons. The molecule has 0 saturated carbocycles. The number of hydrogen-bond donors (Lipinski definition) is 1. The van der Waals surface area contributed by atoms with Crippen molar-refractivity contribution in [1.29, 1.82) is 0 Å². The second kappa shape index (κ2) is 10.5. The monoisotopic (exact) mass is 460 g/mol. The van der Waals surface area contributed by atoms with Gasteiger partial charge >= 0.3 is 0 Å². The molecule has 1 heterocycles. The molecule has 7 nitrogen and oxygen atoms in total. The van der Waals surface area contributed by atoms with E-state index in [1.807, 2.05) is 68.8 Å². The van der Waals surface area contributed by atoms with E-state index in [1.54, 1.807) is 6.07 Å². The van der Waals surface area contributed by atoms with Gasteiger partial charge in [0.05, 0.1) is 18.0 Å². The van der Waals surface area contributed by atoms with Crippen LogP contribution in [0.2, 0.25) is 5.02 Å². The Morgan fingerprint density at radius 3 is 2.77 bits per heavy atom. The van der Waals surface area contributed by atoms with E-state index in [0.29, 0.717) is 39.8 Å². The highest BCUT2D eigenvalue weighted by Crippen LogP contribution is 2.27. The zero-order valence-corrected chi connectivity index (χ0v) is 19.5. The topological polar surface area (TPSA) is 78.3 Å². The highest BCUT2D eigenvalue weighted by molar-refractivity contribution is 7.99. The average Bonchev–Trinajstić information content (AvgIpc) is 3.11. The van der Waals surface area contributed by atoms with E-state index in [0.717, 1.165) is 5.56 Å². The molecule has 0 aliphatic carbocycles. The van der Waals surface area contributed by atoms with E-state index in [9.17, 15) is 4.79 Å². The minimum Gasteiger partial charge on any atom is -0.492 e. The summed E-state index contributed by atoms with van der Waals surface area (Å²) in [6.07, 6.45) is -0.320. The lowest BCUT2D eigenvalue weighted by Gasteiger charge is -2.15. The Morgan fingerprint density at radius 2 is 2.03 bits per heavy atom. The molecular weight excluding hydrogens is 436 g/mol. The van der Waals surface area contributed by atoms with Crippen molar-refractivity contribution in [3.63, 3.8) is 0 Å². The number of benzene rings is 2. The van der Waals surface area contributed by atoms with Crippen LogP contribution in [0.5, 0.6) is 11.5 Å². The van der Waals surface area contributed by atoms with Gasteiger partial charge in [-0.15, -0.1) is 10.2 Å². The number of thioether (sulfide) groups is 1. The molecule has 31 heavy (non-hydrogen) atoms. The van der Waals surface area contributed by atoms with E-state index in [1.165, 1.54) is 11.8 Å². The number of nitrogens with one attached hydrogen (secondary N) is 1. The maximum atomic E-state index is 12.4. The second-order valence-electron chi connectivity index (χ2n) is 6.84. The van der Waals surface area contributed by atoms with Crippen LogP contribution in [-0.2, 0) is 11.8 Å². The van der Waals surface area contributed by atoms with Crippen molar-refractivity contribution in [2.45, 2.75) is 32.0 Å². The van der Waals surface area contributed by atoms with E-state index >= 15 is 0 Å². The number of amides is 1. The third-order valence-corrected chi connectivity index (χ3v) is 5.91. The summed E-state index contributed by atoms with van der Waals surface area (Å²) in [5.74, 6) is 2.06. The number of halogens is 1. The van der Waals surface area contributed by atoms with Crippen molar-refractivity contribution >= 4 is 35.0 Å². The summed E-state index contributed by atoms with van der Waals surface area (Å²) in [4.78, 5) is 12.4. The van der Waals surface area contributed by atoms with Crippen molar-refractivity contribution in [3.05, 3.63) is 58.9 Å². The molecule has 1 aromatic heterocycles. The quantitative estimate of drug-likeness (QED) is 0.450. The fourth-order valence-corrected chi connectivity index (χ4v) is 3.76. The highest BCUT2D eigenvalue weighted by Gasteiger charge is 2.18. The molecule has 1 atom stereocenters. The van der Waals surface area contributed by atoms with Crippen molar-refractivity contribution in [2.75, 3.05) is 17.7 Å². The molecular formula is C22H25ClN4O3S. The molecule has 1 unspecified atom stereocenters. The summed E-state index contributed by atoms with van der Waals surface area (Å²) < 4.78 is 13.4. The van der Waals surface area contributed by atoms with Gasteiger partial charge in [0.25, 0.3) is 0 Å². The van der Waals surface area contributed by atoms with Gasteiger partial charge in [-0.1, -0.05) is 35.5 Å². The molecule has 1 amide bonds. The minimum absolute atomic E-state index is 0.150. The predicted molar refractivity (Wildman–Crippen MR) is 123 cm³/mol. The highest BCUT2D eigenvalue weighted by atomic mass is 35.5. The van der Waals surface area contributed by atoms with Crippen LogP contribution >= 0.6 is 23.4 Å². The summed E-state index contributed by atoms with van der Waals surface area (Å²) in [5.41, 5.74) is 1.59. The number of aryl methyl sites for hydroxylation is 1. The first-order valence-electron chi connectivity index (χ1n) is 9.85. The summed E-state index contributed by atoms with van der Waals surface area (Å²) in [5, 5.41) is 12.7. The third-order valence-electron chi connectivity index (χ3n) is 4.47. The molecule has 0 saturated heterocycles. The predicted octanol–water partition coefficient (Wildman–Crippen LogP) is 5.05. The van der Waals surface area contributed by atoms with Crippen LogP contribution in [0.4, 0.5) is 5.69 Å². The fourth-order valence-electron chi connectivity index (χ4n) is 2.92. The Labute approximate surface area is 191 Å². The lowest BCUT2D eigenvalue weighted by molar-refractivity contribution is -0.113. The lowest BCUT2D eigenvalue weighted by Crippen LogP contribution is -2.15. The zero-order valence-electron chi connectivity index (χ0n) is 17.9. The Hall–Kier alpha value is -2.71. The SMILES string of the molecule is CCOc1ccccc1NC(=O)CSc1nnc(C(C)Oc2ccc(Cl)c(C)c2)n1C. The van der Waals surface area contributed by atoms with E-state index < -0.39 is 0 Å². The van der Waals surface area contributed by atoms with Crippen LogP contribution in [0.1, 0.15) is 31.3 Å². The van der Waals surface area contributed by atoms with Gasteiger partial charge in [-0.3, -0.25) is 4.79 Å². The van der Waals surface area contributed by atoms with Crippen molar-refractivity contribution < 1.29 is 14.3 Å². The van der Waals surface area contributed by atoms with Gasteiger partial charge in [-0.25, -0.2) is 0 Å². The Balaban J connectivity index is 1.60. The third kappa shape index (κ3) is 5.92. The zero-order chi connectivity index (χ0) is 22.4. The molecule has 0 aliphatic heterocycles. The van der Waals surface area contributed by atoms with Gasteiger partial charge in [-0.05, 0) is 56.7 Å². The summed E-state index contributed by atoms with van der Waals surface area (Å²) in [6.45, 7) is 6.26. The maximum absolute atomic E-state index is 12.4. The molecule has 164 valence electrons. The number of hydrogen-bond acceptors (Lipinski definition) is 6. The molecule has 9 heteroatoms. The molecule has 0 aliphatic rings. The van der Waals surface area contributed by atoms with Crippen molar-refractivity contribution in [1.82, 2.24) is 14.8 Å². The Kier molecular flexibility index (Phi) is 7.81. The van der Waals surface area contributed by atoms with Gasteiger partial charge in [0.15, 0.2) is 17.1 Å². The molecule has 3 aromatic rings. The van der Waals surface area contributed by atoms with Crippen LogP contribution in [0.3, 0.4) is 0 Å². The minimum atomic E-state index is -0.320. The molecule has 2 aromatic carbocycles. The first-order chi connectivity index (χ1) is 14.9. The number of para-hydroxylation sites is 2. The number of rotatable bonds is 9. The number of aromatic nitrogens is 3. The lowest BCUT2D eigenvalue weighted by atomic mass is 10.2. The number of carbonyl (C=O) groups is 1. The van der Waals surface area contributed by atoms with E-state index in [-0.39, 0.29) is 17.8 Å². The number of nitrogens with zero attached hydrogens (tertiary/aromatic N) is 3. The first kappa shape index (κ1) is 23.0. The largest absolute Gasteiger partial charge is 0.492 e. The van der Waals surface area contributed by atoms with Crippen molar-refractivity contribution in [2.24, 2.45) is 7.05 Å². The molecule has 3 rings (SSSR count). The first-order valence-corrected chi connectivity index (χ1v) is 11.2. The summed E-state index contributed by atoms with van der Waals surface area (Å²) in [7, 11) is 1.85. The van der Waals surface area contributed by atoms with Crippen LogP contribution in [0.15, 0.2) is 47.6 Å². The fraction of sp³-hybridized carbons (Fsp3) is 0.318. The summed E-state index contributed by atoms with van der Waals surface area (Å²) >= 11 is 7.38. The van der Waals surface area contributed by atoms with Gasteiger partial charge < -0.3 is 19.4 Å². The van der Waals surface area contributed by atoms with E-state index in [4.69, 9.17) is 21.1 Å². The number of ether oxygens (including phenoxy) is 2. The normalized spacial score (nSPS) is 11.8. The van der Waals surface area contributed by atoms with Gasteiger partial charge in [0, 0.05) is 12.1 Å². The standard InChI is InChI=1S/C22H25ClN4O3S/c1-5-29-19-9-7-6-8-18(19)24-20(28)13-31-22-26-25-21(27(22)4)15(3)30-16-10-11-17(23)14(2)12-16/h6-12,15H,5,13H2,1-4H3,(H,24,28). The van der Waals surface area contributed by atoms with Crippen LogP contribution in [0, 0.1) is 6.92 Å². The smallest absolute Gasteiger partial charge is 0.234 e. The second-order valence-corrected chi connectivity index (χ2v) is 8.19. The van der Waals surface area contributed by atoms with Gasteiger partial charge in [0.1, 0.15) is 11.5 Å². The van der Waals surface area contributed by atoms with E-state index in [2.05, 4.69) is 15.5 Å². The van der Waals surface area contributed by atoms with Crippen molar-refractivity contribution in [3.8, 4) is 11.5 Å².